The third-order valence-corrected chi connectivity index (χ3v) is 29.1. The van der Waals surface area contributed by atoms with Crippen LogP contribution in [0, 0.1) is 62.2 Å². The number of aryl methyl sites for hydroxylation is 15. The van der Waals surface area contributed by atoms with E-state index >= 15 is 0 Å². The van der Waals surface area contributed by atoms with Crippen molar-refractivity contribution >= 4 is 22.1 Å². The van der Waals surface area contributed by atoms with Crippen LogP contribution in [0.5, 0.6) is 0 Å². The van der Waals surface area contributed by atoms with Crippen LogP contribution in [0.25, 0.3) is 146 Å². The molecule has 0 radical (unpaired) electrons. The monoisotopic (exact) mass is 1870 g/mol. The number of hydrogen-bond donors (Lipinski definition) is 0. The van der Waals surface area contributed by atoms with E-state index in [2.05, 4.69) is 405 Å². The predicted octanol–water partition coefficient (Wildman–Crippen LogP) is 22.0. The molecule has 10 aromatic carbocycles. The minimum absolute atomic E-state index is 0.370. The van der Waals surface area contributed by atoms with E-state index in [-0.39, 0.29) is 0 Å². The molecule has 0 bridgehead atoms. The van der Waals surface area contributed by atoms with Gasteiger partial charge >= 0.3 is 0 Å². The maximum absolute atomic E-state index is 7.62. The lowest BCUT2D eigenvalue weighted by atomic mass is 9.97. The molecule has 0 N–H and O–H groups in total. The molecule has 0 aliphatic carbocycles. The van der Waals surface area contributed by atoms with Gasteiger partial charge in [0.05, 0.1) is 34.1 Å². The Bertz CT molecular complexity index is 9120. The van der Waals surface area contributed by atoms with Gasteiger partial charge in [0.15, 0.2) is 37.2 Å². The van der Waals surface area contributed by atoms with E-state index in [9.17, 15) is 0 Å². The number of aromatic nitrogens is 18. The molecule has 0 atom stereocenters. The Morgan fingerprint density at radius 1 is 0.238 bits per heavy atom. The van der Waals surface area contributed by atoms with Crippen LogP contribution < -0.4 is 27.4 Å². The lowest BCUT2D eigenvalue weighted by Gasteiger charge is -2.10. The van der Waals surface area contributed by atoms with Gasteiger partial charge in [-0.15, -0.1) is 0 Å². The largest absolute Gasteiger partial charge is 0.303 e. The summed E-state index contributed by atoms with van der Waals surface area (Å²) in [6.45, 7) is 10.6. The van der Waals surface area contributed by atoms with Crippen LogP contribution >= 0.6 is 0 Å². The Labute approximate surface area is 842 Å². The minimum atomic E-state index is -2.09. The Morgan fingerprint density at radius 3 is 0.909 bits per heavy atom. The van der Waals surface area contributed by atoms with Gasteiger partial charge in [-0.25, -0.2) is 48.2 Å². The predicted molar refractivity (Wildman–Crippen MR) is 566 cm³/mol. The Hall–Kier alpha value is -17.1. The molecule has 698 valence electrons. The van der Waals surface area contributed by atoms with Gasteiger partial charge in [-0.05, 0) is 177 Å². The Balaban J connectivity index is 0.0000000986. The van der Waals surface area contributed by atoms with Crippen LogP contribution in [0.15, 0.2) is 348 Å². The van der Waals surface area contributed by atoms with Crippen LogP contribution in [-0.2, 0) is 80.8 Å². The fourth-order valence-corrected chi connectivity index (χ4v) is 21.8. The molecular formula is C125H114N18+6. The van der Waals surface area contributed by atoms with E-state index in [0.29, 0.717) is 11.1 Å². The summed E-state index contributed by atoms with van der Waals surface area (Å²) in [7, 11) is 12.5. The van der Waals surface area contributed by atoms with Crippen molar-refractivity contribution in [1.82, 2.24) is 57.3 Å². The van der Waals surface area contributed by atoms with Crippen molar-refractivity contribution in [3.63, 3.8) is 0 Å². The van der Waals surface area contributed by atoms with Crippen LogP contribution in [0.1, 0.15) is 127 Å². The van der Waals surface area contributed by atoms with E-state index in [1.807, 2.05) is 83.5 Å². The highest BCUT2D eigenvalue weighted by molar-refractivity contribution is 5.85. The van der Waals surface area contributed by atoms with Crippen molar-refractivity contribution in [3.05, 3.63) is 466 Å². The van der Waals surface area contributed by atoms with Gasteiger partial charge in [0.25, 0.3) is 0 Å². The van der Waals surface area contributed by atoms with E-state index in [0.717, 1.165) is 135 Å². The first-order chi connectivity index (χ1) is 71.9. The van der Waals surface area contributed by atoms with E-state index < -0.39 is 13.7 Å². The summed E-state index contributed by atoms with van der Waals surface area (Å²) in [5.41, 5.74) is 47.7. The number of rotatable bonds is 8. The quantitative estimate of drug-likeness (QED) is 0.139. The summed E-state index contributed by atoms with van der Waals surface area (Å²) in [5.74, 6) is 6.61. The molecular weight excluding hydrogens is 1750 g/mol. The van der Waals surface area contributed by atoms with Crippen molar-refractivity contribution in [2.24, 2.45) is 42.3 Å². The third kappa shape index (κ3) is 16.6. The minimum Gasteiger partial charge on any atom is -0.303 e. The highest BCUT2D eigenvalue weighted by atomic mass is 15.2. The second kappa shape index (κ2) is 36.6. The highest BCUT2D eigenvalue weighted by Crippen LogP contribution is 2.41. The summed E-state index contributed by atoms with van der Waals surface area (Å²) < 4.78 is 71.9. The summed E-state index contributed by atoms with van der Waals surface area (Å²) in [4.78, 5) is 27.6. The Morgan fingerprint density at radius 2 is 0.538 bits per heavy atom. The second-order valence-corrected chi connectivity index (χ2v) is 38.7. The standard InChI is InChI=1S/C27H22N3.C23H20N3.C22H20N3.2C18H18N3.C17H16N3/c1-18-12-13-20(19-8-4-3-5-9-19)14-22(18)25-16-23-26(17-29(25)2)30-24-11-7-6-10-21(24)15-27(30)28-23;1-16-8-9-18(17-6-4-3-5-7-17)12-20(16)22-14-21-19(15-25(22)2)13-23-24-10-11-26(21)23;1-14-8-9-17(15(2)10-14)20-12-18-21(13-24(20)3)25-19-7-5-4-6-16(19)11-22(25)23-18;2*1-12-4-5-15(13(2)8-12)17-10-16-14(11-20(17)3)9-18-19-6-7-21(16)18;1-12-5-3-4-6-14(12)16-10-15-13(11-19(16)2)9-17-18-7-8-20(15)17/h3-14,16-17H,15H2,1-2H3;3-12,14-15H,13H2,1-2H3;4-10,12-13H,11H2,1-3H3;2*4-8,10-11H,9H2,1-3H3;3-8,10-11H,9H2,1-2H3/q6*+1/i;;2*1D3;;. The number of pyridine rings is 6. The number of para-hydroxylation sites is 2. The summed E-state index contributed by atoms with van der Waals surface area (Å²) in [6.07, 6.45) is 34.1. The molecule has 18 nitrogen and oxygen atoms in total. The Kier molecular flexibility index (Phi) is 21.2. The summed E-state index contributed by atoms with van der Waals surface area (Å²) >= 11 is 0. The second-order valence-electron chi connectivity index (χ2n) is 38.7. The molecule has 0 unspecified atom stereocenters. The smallest absolute Gasteiger partial charge is 0.214 e. The van der Waals surface area contributed by atoms with Crippen LogP contribution in [0.3, 0.4) is 0 Å². The van der Waals surface area contributed by atoms with Crippen molar-refractivity contribution < 1.29 is 35.6 Å². The first-order valence-corrected chi connectivity index (χ1v) is 48.8. The van der Waals surface area contributed by atoms with E-state index in [4.69, 9.17) is 18.2 Å². The fourth-order valence-electron chi connectivity index (χ4n) is 21.8. The third-order valence-electron chi connectivity index (χ3n) is 29.1. The van der Waals surface area contributed by atoms with Crippen LogP contribution in [-0.4, -0.2) is 57.3 Å². The average Bonchev–Trinajstić information content (AvgIpc) is 1.59. The first-order valence-electron chi connectivity index (χ1n) is 51.8. The zero-order chi connectivity index (χ0) is 103. The first kappa shape index (κ1) is 82.9. The van der Waals surface area contributed by atoms with Crippen molar-refractivity contribution in [2.45, 2.75) is 101 Å². The molecule has 22 aromatic rings. The summed E-state index contributed by atoms with van der Waals surface area (Å²) in [5, 5.41) is 0. The molecule has 18 heterocycles. The molecule has 28 rings (SSSR count). The van der Waals surface area contributed by atoms with E-state index in [1.165, 1.54) is 157 Å². The van der Waals surface area contributed by atoms with Gasteiger partial charge in [0, 0.05) is 188 Å². The van der Waals surface area contributed by atoms with Crippen molar-refractivity contribution in [1.29, 1.82) is 0 Å². The molecule has 0 saturated heterocycles. The van der Waals surface area contributed by atoms with Gasteiger partial charge in [-0.3, -0.25) is 9.13 Å². The van der Waals surface area contributed by atoms with Crippen molar-refractivity contribution in [3.8, 4) is 124 Å². The molecule has 0 fully saturated rings. The van der Waals surface area contributed by atoms with Crippen LogP contribution in [0.2, 0.25) is 0 Å². The molecule has 12 aromatic heterocycles. The molecule has 6 aliphatic heterocycles. The SMILES string of the molecule is Cc1ccc(-c2cc3c(c[n+]2C)Cc2nccn2-3)c(C)c1.Cc1ccc(-c2ccccc2)cc1-c1cc2c(c[n+]1C)Cc1nccn1-2.Cc1ccc(-c2ccccc2)cc1-c1cc2nc3n(c2c[n+]1C)-c1ccccc1C3.Cc1ccccc1-c1cc2c(c[n+]1C)Cc1nccn1-2.[2H]C([2H])([2H])c1ccc(-c2cc3c(c[n+]2C)Cc2nccn2-3)c(C)c1.[2H]C([2H])([2H])c1ccc(-c2cc3nc4n(c3c[n+]2C)-c2ccccc2C4)c(C)c1. The molecule has 0 spiro atoms. The molecule has 18 heteroatoms. The number of nitrogens with zero attached hydrogens (tertiary/aromatic N) is 18. The van der Waals surface area contributed by atoms with Gasteiger partial charge < -0.3 is 18.3 Å². The summed E-state index contributed by atoms with van der Waals surface area (Å²) in [6, 6.07) is 90.8. The van der Waals surface area contributed by atoms with Gasteiger partial charge in [0.2, 0.25) is 34.2 Å². The molecule has 143 heavy (non-hydrogen) atoms. The average molecular weight is 1870 g/mol. The zero-order valence-corrected chi connectivity index (χ0v) is 82.7. The van der Waals surface area contributed by atoms with E-state index in [1.54, 1.807) is 24.3 Å². The highest BCUT2D eigenvalue weighted by Gasteiger charge is 2.34. The van der Waals surface area contributed by atoms with Gasteiger partial charge in [0.1, 0.15) is 99.3 Å². The number of imidazole rings is 6. The molecule has 0 amide bonds. The normalized spacial score (nSPS) is 13.1. The lowest BCUT2D eigenvalue weighted by Crippen LogP contribution is -2.31. The molecule has 0 saturated carbocycles. The number of benzene rings is 10. The fraction of sp³-hybridized carbons (Fsp3) is 0.168. The number of fused-ring (bicyclic) bond motifs is 22. The van der Waals surface area contributed by atoms with Gasteiger partial charge in [-0.2, -0.15) is 9.13 Å². The topological polar surface area (TPSA) is 130 Å². The maximum Gasteiger partial charge on any atom is 0.214 e. The van der Waals surface area contributed by atoms with Crippen LogP contribution in [0.4, 0.5) is 0 Å². The lowest BCUT2D eigenvalue weighted by molar-refractivity contribution is -0.660. The maximum atomic E-state index is 7.62. The zero-order valence-electron chi connectivity index (χ0n) is 88.7. The molecule has 6 aliphatic rings. The van der Waals surface area contributed by atoms with Crippen molar-refractivity contribution in [2.75, 3.05) is 0 Å². The number of hydrogen-bond acceptors (Lipinski definition) is 6. The van der Waals surface area contributed by atoms with Gasteiger partial charge in [-0.1, -0.05) is 193 Å².